The molecule has 0 amide bonds. The van der Waals surface area contributed by atoms with Gasteiger partial charge >= 0.3 is 0 Å². The second-order valence-electron chi connectivity index (χ2n) is 6.66. The van der Waals surface area contributed by atoms with E-state index in [9.17, 15) is 0 Å². The van der Waals surface area contributed by atoms with Gasteiger partial charge in [-0.3, -0.25) is 0 Å². The van der Waals surface area contributed by atoms with Crippen molar-refractivity contribution >= 4 is 0 Å². The molecule has 0 radical (unpaired) electrons. The molecule has 0 aliphatic rings. The van der Waals surface area contributed by atoms with Crippen LogP contribution in [0.5, 0.6) is 0 Å². The number of quaternary nitrogens is 1. The molecule has 1 rings (SSSR count). The standard InChI is InChI=1S/C21H37N.H2O/c1-2-3-4-5-6-7-8-9-10-11-12-16-19-22-20-21-17-14-13-15-18-21;/h13-15,17-18,22H,2-12,16,19-20H2,1H3;1H2. The van der Waals surface area contributed by atoms with E-state index in [1.807, 2.05) is 0 Å². The fourth-order valence-corrected chi connectivity index (χ4v) is 3.01. The van der Waals surface area contributed by atoms with E-state index in [0.29, 0.717) is 0 Å². The lowest BCUT2D eigenvalue weighted by Crippen LogP contribution is -2.82. The lowest BCUT2D eigenvalue weighted by molar-refractivity contribution is -0.671. The van der Waals surface area contributed by atoms with Crippen LogP contribution in [0.15, 0.2) is 30.3 Å². The van der Waals surface area contributed by atoms with Gasteiger partial charge in [0, 0.05) is 5.56 Å². The monoisotopic (exact) mass is 321 g/mol. The minimum Gasteiger partial charge on any atom is -0.870 e. The largest absolute Gasteiger partial charge is 0.870 e. The van der Waals surface area contributed by atoms with Crippen LogP contribution in [0.3, 0.4) is 0 Å². The van der Waals surface area contributed by atoms with E-state index in [1.165, 1.54) is 89.2 Å². The third kappa shape index (κ3) is 14.5. The van der Waals surface area contributed by atoms with Crippen LogP contribution in [0.1, 0.15) is 89.5 Å². The molecule has 0 saturated carbocycles. The van der Waals surface area contributed by atoms with Crippen molar-refractivity contribution in [2.45, 2.75) is 90.5 Å². The molecule has 0 saturated heterocycles. The molecule has 0 aliphatic carbocycles. The number of unbranched alkanes of at least 4 members (excludes halogenated alkanes) is 11. The molecule has 1 aromatic carbocycles. The summed E-state index contributed by atoms with van der Waals surface area (Å²) in [6.45, 7) is 4.71. The van der Waals surface area contributed by atoms with Gasteiger partial charge in [0.2, 0.25) is 0 Å². The van der Waals surface area contributed by atoms with Gasteiger partial charge in [-0.1, -0.05) is 101 Å². The van der Waals surface area contributed by atoms with E-state index in [4.69, 9.17) is 0 Å². The maximum Gasteiger partial charge on any atom is 0.101 e. The molecule has 0 fully saturated rings. The van der Waals surface area contributed by atoms with Crippen LogP contribution in [0, 0.1) is 0 Å². The van der Waals surface area contributed by atoms with E-state index in [0.717, 1.165) is 6.54 Å². The quantitative estimate of drug-likeness (QED) is 0.439. The van der Waals surface area contributed by atoms with Crippen LogP contribution < -0.4 is 5.32 Å². The summed E-state index contributed by atoms with van der Waals surface area (Å²) in [5.74, 6) is 0. The highest BCUT2D eigenvalue weighted by Crippen LogP contribution is 2.11. The zero-order chi connectivity index (χ0) is 15.7. The Morgan fingerprint density at radius 3 is 1.65 bits per heavy atom. The third-order valence-corrected chi connectivity index (χ3v) is 4.48. The number of benzene rings is 1. The summed E-state index contributed by atoms with van der Waals surface area (Å²) < 4.78 is 0. The molecule has 0 atom stereocenters. The van der Waals surface area contributed by atoms with Gasteiger partial charge in [-0.25, -0.2) is 0 Å². The lowest BCUT2D eigenvalue weighted by atomic mass is 10.1. The minimum atomic E-state index is 0. The highest BCUT2D eigenvalue weighted by Gasteiger charge is 1.96. The first-order valence-electron chi connectivity index (χ1n) is 9.79. The molecule has 134 valence electrons. The van der Waals surface area contributed by atoms with Gasteiger partial charge in [-0.15, -0.1) is 0 Å². The molecular formula is C21H39NO. The highest BCUT2D eigenvalue weighted by atomic mass is 16.0. The van der Waals surface area contributed by atoms with E-state index < -0.39 is 0 Å². The molecule has 2 heteroatoms. The van der Waals surface area contributed by atoms with Gasteiger partial charge in [-0.2, -0.15) is 0 Å². The average molecular weight is 322 g/mol. The Hall–Kier alpha value is -0.860. The van der Waals surface area contributed by atoms with E-state index >= 15 is 0 Å². The van der Waals surface area contributed by atoms with Crippen LogP contribution in [-0.4, -0.2) is 12.0 Å². The van der Waals surface area contributed by atoms with Crippen molar-refractivity contribution in [2.75, 3.05) is 6.54 Å². The van der Waals surface area contributed by atoms with Gasteiger partial charge in [0.05, 0.1) is 6.54 Å². The normalized spacial score (nSPS) is 10.5. The molecule has 0 bridgehead atoms. The molecule has 0 aromatic heterocycles. The van der Waals surface area contributed by atoms with Gasteiger partial charge in [0.15, 0.2) is 0 Å². The first-order valence-corrected chi connectivity index (χ1v) is 9.79. The van der Waals surface area contributed by atoms with E-state index in [1.54, 1.807) is 0 Å². The summed E-state index contributed by atoms with van der Waals surface area (Å²) >= 11 is 0. The van der Waals surface area contributed by atoms with E-state index in [-0.39, 0.29) is 5.48 Å². The van der Waals surface area contributed by atoms with Gasteiger partial charge in [-0.05, 0) is 12.8 Å². The van der Waals surface area contributed by atoms with Gasteiger partial charge in [0.25, 0.3) is 0 Å². The molecule has 1 aromatic rings. The molecule has 0 unspecified atom stereocenters. The van der Waals surface area contributed by atoms with Crippen LogP contribution >= 0.6 is 0 Å². The average Bonchev–Trinajstić information content (AvgIpc) is 2.56. The fourth-order valence-electron chi connectivity index (χ4n) is 3.01. The summed E-state index contributed by atoms with van der Waals surface area (Å²) in [5, 5.41) is 2.45. The predicted octanol–water partition coefficient (Wildman–Crippen LogP) is 5.27. The SMILES string of the molecule is CCCCCCCCCCCCCC[NH2+]Cc1ccccc1.[OH-]. The molecule has 0 aliphatic heterocycles. The molecule has 3 N–H and O–H groups in total. The number of hydrogen-bond donors (Lipinski definition) is 1. The number of hydrogen-bond acceptors (Lipinski definition) is 1. The Balaban J connectivity index is 0.00000484. The third-order valence-electron chi connectivity index (χ3n) is 4.48. The summed E-state index contributed by atoms with van der Waals surface area (Å²) in [6, 6.07) is 10.8. The Bertz CT molecular complexity index is 326. The van der Waals surface area contributed by atoms with Crippen LogP contribution in [0.2, 0.25) is 0 Å². The van der Waals surface area contributed by atoms with Crippen molar-refractivity contribution in [1.82, 2.24) is 0 Å². The second-order valence-corrected chi connectivity index (χ2v) is 6.66. The van der Waals surface area contributed by atoms with Crippen LogP contribution in [0.4, 0.5) is 0 Å². The predicted molar refractivity (Wildman–Crippen MR) is 100.0 cm³/mol. The Kier molecular flexibility index (Phi) is 16.8. The van der Waals surface area contributed by atoms with E-state index in [2.05, 4.69) is 42.6 Å². The zero-order valence-electron chi connectivity index (χ0n) is 15.3. The lowest BCUT2D eigenvalue weighted by Gasteiger charge is -2.03. The van der Waals surface area contributed by atoms with Gasteiger partial charge < -0.3 is 10.8 Å². The first kappa shape index (κ1) is 22.1. The second kappa shape index (κ2) is 17.5. The van der Waals surface area contributed by atoms with Crippen molar-refractivity contribution in [3.05, 3.63) is 35.9 Å². The smallest absolute Gasteiger partial charge is 0.101 e. The fraction of sp³-hybridized carbons (Fsp3) is 0.714. The maximum absolute atomic E-state index is 2.45. The highest BCUT2D eigenvalue weighted by molar-refractivity contribution is 5.12. The summed E-state index contributed by atoms with van der Waals surface area (Å²) in [5.41, 5.74) is 1.45. The minimum absolute atomic E-state index is 0. The molecular weight excluding hydrogens is 282 g/mol. The van der Waals surface area contributed by atoms with Crippen molar-refractivity contribution in [3.63, 3.8) is 0 Å². The summed E-state index contributed by atoms with van der Waals surface area (Å²) in [7, 11) is 0. The Morgan fingerprint density at radius 1 is 0.652 bits per heavy atom. The molecule has 2 nitrogen and oxygen atoms in total. The molecule has 0 spiro atoms. The van der Waals surface area contributed by atoms with Crippen molar-refractivity contribution in [3.8, 4) is 0 Å². The van der Waals surface area contributed by atoms with Crippen molar-refractivity contribution in [2.24, 2.45) is 0 Å². The summed E-state index contributed by atoms with van der Waals surface area (Å²) in [6.07, 6.45) is 17.3. The Labute approximate surface area is 144 Å². The Morgan fingerprint density at radius 2 is 1.13 bits per heavy atom. The molecule has 23 heavy (non-hydrogen) atoms. The molecule has 0 heterocycles. The summed E-state index contributed by atoms with van der Waals surface area (Å²) in [4.78, 5) is 0. The number of nitrogens with two attached hydrogens (primary N) is 1. The van der Waals surface area contributed by atoms with Gasteiger partial charge in [0.1, 0.15) is 6.54 Å². The van der Waals surface area contributed by atoms with Crippen LogP contribution in [-0.2, 0) is 6.54 Å². The first-order chi connectivity index (χ1) is 10.9. The number of rotatable bonds is 15. The van der Waals surface area contributed by atoms with Crippen molar-refractivity contribution < 1.29 is 10.8 Å². The topological polar surface area (TPSA) is 46.6 Å². The maximum atomic E-state index is 2.45. The zero-order valence-corrected chi connectivity index (χ0v) is 15.3. The van der Waals surface area contributed by atoms with Crippen LogP contribution in [0.25, 0.3) is 0 Å². The van der Waals surface area contributed by atoms with Crippen molar-refractivity contribution in [1.29, 1.82) is 0 Å².